The summed E-state index contributed by atoms with van der Waals surface area (Å²) < 4.78 is 5.27. The summed E-state index contributed by atoms with van der Waals surface area (Å²) in [5, 5.41) is 4.62. The Labute approximate surface area is 126 Å². The first-order chi connectivity index (χ1) is 9.72. The van der Waals surface area contributed by atoms with Gasteiger partial charge in [0.2, 0.25) is 0 Å². The van der Waals surface area contributed by atoms with Gasteiger partial charge in [-0.1, -0.05) is 13.8 Å². The third-order valence-corrected chi connectivity index (χ3v) is 4.82. The Morgan fingerprint density at radius 2 is 2.35 bits per heavy atom. The average Bonchev–Trinajstić information content (AvgIpc) is 2.79. The summed E-state index contributed by atoms with van der Waals surface area (Å²) in [7, 11) is 1.74. The van der Waals surface area contributed by atoms with Crippen molar-refractivity contribution in [1.29, 1.82) is 0 Å². The van der Waals surface area contributed by atoms with Crippen LogP contribution in [-0.2, 0) is 24.4 Å². The van der Waals surface area contributed by atoms with E-state index in [0.29, 0.717) is 6.61 Å². The molecule has 114 valence electrons. The smallest absolute Gasteiger partial charge is 0.107 e. The highest BCUT2D eigenvalue weighted by molar-refractivity contribution is 7.11. The van der Waals surface area contributed by atoms with Gasteiger partial charge >= 0.3 is 0 Å². The van der Waals surface area contributed by atoms with Gasteiger partial charge in [-0.25, -0.2) is 4.98 Å². The molecule has 0 bridgehead atoms. The van der Waals surface area contributed by atoms with Crippen LogP contribution >= 0.6 is 11.3 Å². The third-order valence-electron chi connectivity index (χ3n) is 3.74. The fourth-order valence-corrected chi connectivity index (χ4v) is 3.84. The Morgan fingerprint density at radius 1 is 1.50 bits per heavy atom. The minimum Gasteiger partial charge on any atom is -0.378 e. The number of rotatable bonds is 7. The Morgan fingerprint density at radius 3 is 3.05 bits per heavy atom. The molecule has 20 heavy (non-hydrogen) atoms. The minimum absolute atomic E-state index is 0.619. The average molecular weight is 297 g/mol. The van der Waals surface area contributed by atoms with E-state index < -0.39 is 0 Å². The second-order valence-corrected chi connectivity index (χ2v) is 6.84. The van der Waals surface area contributed by atoms with E-state index in [-0.39, 0.29) is 0 Å². The van der Waals surface area contributed by atoms with Crippen LogP contribution in [0.25, 0.3) is 0 Å². The number of likely N-dealkylation sites (tertiary alicyclic amines) is 1. The molecule has 1 aromatic rings. The fraction of sp³-hybridized carbons (Fsp3) is 0.800. The molecule has 1 aliphatic heterocycles. The molecule has 1 unspecified atom stereocenters. The van der Waals surface area contributed by atoms with E-state index in [1.54, 1.807) is 7.11 Å². The normalized spacial score (nSPS) is 20.4. The van der Waals surface area contributed by atoms with E-state index >= 15 is 0 Å². The van der Waals surface area contributed by atoms with Gasteiger partial charge in [0.05, 0.1) is 18.8 Å². The lowest BCUT2D eigenvalue weighted by atomic mass is 10.0. The Hall–Kier alpha value is -0.490. The number of nitrogens with zero attached hydrogens (tertiary/aromatic N) is 2. The molecule has 2 heterocycles. The van der Waals surface area contributed by atoms with Crippen molar-refractivity contribution >= 4 is 11.3 Å². The van der Waals surface area contributed by atoms with Crippen LogP contribution in [0.15, 0.2) is 0 Å². The second kappa shape index (κ2) is 8.08. The van der Waals surface area contributed by atoms with Gasteiger partial charge in [0.25, 0.3) is 0 Å². The lowest BCUT2D eigenvalue weighted by Gasteiger charge is -2.29. The highest BCUT2D eigenvalue weighted by Crippen LogP contribution is 2.23. The molecule has 0 radical (unpaired) electrons. The van der Waals surface area contributed by atoms with Gasteiger partial charge in [-0.05, 0) is 31.8 Å². The fourth-order valence-electron chi connectivity index (χ4n) is 2.75. The SMILES string of the molecule is CCNCc1sc(CN2CCCC(C)C2)nc1COC. The highest BCUT2D eigenvalue weighted by atomic mass is 32.1. The molecule has 1 saturated heterocycles. The van der Waals surface area contributed by atoms with Crippen LogP contribution in [0.2, 0.25) is 0 Å². The largest absolute Gasteiger partial charge is 0.378 e. The molecule has 0 aromatic carbocycles. The lowest BCUT2D eigenvalue weighted by molar-refractivity contribution is 0.173. The zero-order valence-electron chi connectivity index (χ0n) is 12.9. The number of aromatic nitrogens is 1. The molecule has 0 saturated carbocycles. The number of nitrogens with one attached hydrogen (secondary N) is 1. The van der Waals surface area contributed by atoms with Crippen molar-refractivity contribution in [2.45, 2.75) is 46.4 Å². The van der Waals surface area contributed by atoms with Crippen molar-refractivity contribution < 1.29 is 4.74 Å². The molecule has 0 spiro atoms. The van der Waals surface area contributed by atoms with Gasteiger partial charge in [0.15, 0.2) is 0 Å². The molecule has 4 nitrogen and oxygen atoms in total. The quantitative estimate of drug-likeness (QED) is 0.839. The maximum absolute atomic E-state index is 5.27. The molecular weight excluding hydrogens is 270 g/mol. The molecule has 5 heteroatoms. The highest BCUT2D eigenvalue weighted by Gasteiger charge is 2.19. The molecule has 2 rings (SSSR count). The zero-order chi connectivity index (χ0) is 14.4. The first-order valence-corrected chi connectivity index (χ1v) is 8.44. The summed E-state index contributed by atoms with van der Waals surface area (Å²) in [5.74, 6) is 0.823. The molecule has 1 aliphatic rings. The van der Waals surface area contributed by atoms with Crippen molar-refractivity contribution in [3.8, 4) is 0 Å². The van der Waals surface area contributed by atoms with Crippen LogP contribution in [0, 0.1) is 5.92 Å². The summed E-state index contributed by atoms with van der Waals surface area (Å²) in [6.07, 6.45) is 2.69. The maximum atomic E-state index is 5.27. The van der Waals surface area contributed by atoms with Gasteiger partial charge in [0.1, 0.15) is 5.01 Å². The number of thiazole rings is 1. The van der Waals surface area contributed by atoms with Gasteiger partial charge in [-0.3, -0.25) is 4.90 Å². The topological polar surface area (TPSA) is 37.4 Å². The molecular formula is C15H27N3OS. The summed E-state index contributed by atoms with van der Waals surface area (Å²) in [6, 6.07) is 0. The van der Waals surface area contributed by atoms with E-state index in [0.717, 1.165) is 31.2 Å². The standard InChI is InChI=1S/C15H27N3OS/c1-4-16-8-14-13(11-19-3)17-15(20-14)10-18-7-5-6-12(2)9-18/h12,16H,4-11H2,1-3H3. The maximum Gasteiger partial charge on any atom is 0.107 e. The van der Waals surface area contributed by atoms with Crippen molar-refractivity contribution in [2.24, 2.45) is 5.92 Å². The van der Waals surface area contributed by atoms with Crippen molar-refractivity contribution in [2.75, 3.05) is 26.7 Å². The summed E-state index contributed by atoms with van der Waals surface area (Å²) in [6.45, 7) is 10.4. The van der Waals surface area contributed by atoms with Crippen molar-refractivity contribution in [3.05, 3.63) is 15.6 Å². The number of methoxy groups -OCH3 is 1. The molecule has 0 aliphatic carbocycles. The van der Waals surface area contributed by atoms with Crippen LogP contribution in [0.1, 0.15) is 42.3 Å². The van der Waals surface area contributed by atoms with E-state index in [4.69, 9.17) is 9.72 Å². The predicted octanol–water partition coefficient (Wildman–Crippen LogP) is 2.63. The van der Waals surface area contributed by atoms with E-state index in [1.165, 1.54) is 35.8 Å². The number of hydrogen-bond acceptors (Lipinski definition) is 5. The molecule has 1 aromatic heterocycles. The van der Waals surface area contributed by atoms with Crippen LogP contribution in [0.3, 0.4) is 0 Å². The van der Waals surface area contributed by atoms with Gasteiger partial charge in [-0.2, -0.15) is 0 Å². The van der Waals surface area contributed by atoms with Crippen LogP contribution in [0.5, 0.6) is 0 Å². The third kappa shape index (κ3) is 4.52. The Balaban J connectivity index is 1.99. The molecule has 1 fully saturated rings. The number of ether oxygens (including phenoxy) is 1. The second-order valence-electron chi connectivity index (χ2n) is 5.67. The Bertz CT molecular complexity index is 408. The molecule has 1 N–H and O–H groups in total. The Kier molecular flexibility index (Phi) is 6.42. The first kappa shape index (κ1) is 15.9. The summed E-state index contributed by atoms with van der Waals surface area (Å²) in [4.78, 5) is 8.65. The van der Waals surface area contributed by atoms with E-state index in [1.807, 2.05) is 11.3 Å². The van der Waals surface area contributed by atoms with E-state index in [9.17, 15) is 0 Å². The molecule has 0 amide bonds. The van der Waals surface area contributed by atoms with Gasteiger partial charge in [0, 0.05) is 25.1 Å². The molecule has 1 atom stereocenters. The van der Waals surface area contributed by atoms with Gasteiger partial charge < -0.3 is 10.1 Å². The first-order valence-electron chi connectivity index (χ1n) is 7.62. The van der Waals surface area contributed by atoms with Crippen molar-refractivity contribution in [3.63, 3.8) is 0 Å². The van der Waals surface area contributed by atoms with Crippen LogP contribution in [0.4, 0.5) is 0 Å². The number of piperidine rings is 1. The van der Waals surface area contributed by atoms with Crippen LogP contribution < -0.4 is 5.32 Å². The summed E-state index contributed by atoms with van der Waals surface area (Å²) >= 11 is 1.84. The zero-order valence-corrected chi connectivity index (χ0v) is 13.8. The van der Waals surface area contributed by atoms with E-state index in [2.05, 4.69) is 24.1 Å². The van der Waals surface area contributed by atoms with Gasteiger partial charge in [-0.15, -0.1) is 11.3 Å². The van der Waals surface area contributed by atoms with Crippen LogP contribution in [-0.4, -0.2) is 36.6 Å². The predicted molar refractivity (Wildman–Crippen MR) is 83.9 cm³/mol. The van der Waals surface area contributed by atoms with Crippen molar-refractivity contribution in [1.82, 2.24) is 15.2 Å². The minimum atomic E-state index is 0.619. The monoisotopic (exact) mass is 297 g/mol. The number of hydrogen-bond donors (Lipinski definition) is 1. The lowest BCUT2D eigenvalue weighted by Crippen LogP contribution is -2.33. The summed E-state index contributed by atoms with van der Waals surface area (Å²) in [5.41, 5.74) is 1.11.